The number of likely N-dealkylation sites (tertiary alicyclic amines) is 1. The summed E-state index contributed by atoms with van der Waals surface area (Å²) in [5.74, 6) is 1.36. The predicted molar refractivity (Wildman–Crippen MR) is 124 cm³/mol. The molecule has 1 aromatic heterocycles. The quantitative estimate of drug-likeness (QED) is 0.335. The molecule has 0 radical (unpaired) electrons. The molecule has 1 atom stereocenters. The van der Waals surface area contributed by atoms with Crippen molar-refractivity contribution >= 4 is 29.9 Å². The number of nitrogens with zero attached hydrogens (tertiary/aromatic N) is 3. The number of nitrogens with one attached hydrogen (secondary N) is 1. The van der Waals surface area contributed by atoms with Crippen LogP contribution in [0.2, 0.25) is 0 Å². The van der Waals surface area contributed by atoms with Gasteiger partial charge in [0.1, 0.15) is 5.75 Å². The van der Waals surface area contributed by atoms with E-state index in [2.05, 4.69) is 32.3 Å². The highest BCUT2D eigenvalue weighted by Crippen LogP contribution is 2.26. The number of ether oxygens (including phenoxy) is 1. The fourth-order valence-corrected chi connectivity index (χ4v) is 3.42. The molecule has 1 aliphatic heterocycles. The summed E-state index contributed by atoms with van der Waals surface area (Å²) >= 11 is 0. The molecule has 2 aromatic rings. The first-order valence-corrected chi connectivity index (χ1v) is 9.58. The predicted octanol–water partition coefficient (Wildman–Crippen LogP) is 2.99. The number of hydrogen-bond donors (Lipinski definition) is 2. The fourth-order valence-electron chi connectivity index (χ4n) is 3.42. The van der Waals surface area contributed by atoms with E-state index < -0.39 is 0 Å². The van der Waals surface area contributed by atoms with Gasteiger partial charge in [0.15, 0.2) is 5.96 Å². The molecule has 152 valence electrons. The largest absolute Gasteiger partial charge is 0.497 e. The van der Waals surface area contributed by atoms with E-state index in [1.807, 2.05) is 36.5 Å². The SMILES string of the molecule is COc1ccc(C(CN=C(N)NCCc2ccccn2)N2CCCC2)cc1.I. The zero-order valence-electron chi connectivity index (χ0n) is 16.4. The summed E-state index contributed by atoms with van der Waals surface area (Å²) in [6, 6.07) is 14.5. The Kier molecular flexibility index (Phi) is 9.49. The molecule has 2 heterocycles. The second-order valence-corrected chi connectivity index (χ2v) is 6.76. The lowest BCUT2D eigenvalue weighted by molar-refractivity contribution is 0.251. The van der Waals surface area contributed by atoms with Crippen molar-refractivity contribution in [1.29, 1.82) is 0 Å². The van der Waals surface area contributed by atoms with Gasteiger partial charge in [-0.1, -0.05) is 18.2 Å². The van der Waals surface area contributed by atoms with Crippen molar-refractivity contribution in [2.24, 2.45) is 10.7 Å². The van der Waals surface area contributed by atoms with Crippen LogP contribution in [0.1, 0.15) is 30.1 Å². The molecule has 1 saturated heterocycles. The minimum absolute atomic E-state index is 0. The Morgan fingerprint density at radius 1 is 1.21 bits per heavy atom. The maximum atomic E-state index is 6.09. The van der Waals surface area contributed by atoms with Gasteiger partial charge in [0.05, 0.1) is 19.7 Å². The van der Waals surface area contributed by atoms with Crippen LogP contribution in [0.4, 0.5) is 0 Å². The van der Waals surface area contributed by atoms with Crippen molar-refractivity contribution in [3.05, 3.63) is 59.9 Å². The average molecular weight is 495 g/mol. The van der Waals surface area contributed by atoms with Gasteiger partial charge >= 0.3 is 0 Å². The first kappa shape index (κ1) is 22.4. The van der Waals surface area contributed by atoms with Gasteiger partial charge in [-0.25, -0.2) is 0 Å². The van der Waals surface area contributed by atoms with E-state index in [0.717, 1.165) is 37.5 Å². The van der Waals surface area contributed by atoms with Crippen molar-refractivity contribution in [2.45, 2.75) is 25.3 Å². The third-order valence-electron chi connectivity index (χ3n) is 4.93. The van der Waals surface area contributed by atoms with Gasteiger partial charge < -0.3 is 15.8 Å². The molecule has 0 aliphatic carbocycles. The molecule has 28 heavy (non-hydrogen) atoms. The average Bonchev–Trinajstić information content (AvgIpc) is 3.24. The maximum absolute atomic E-state index is 6.09. The van der Waals surface area contributed by atoms with Crippen LogP contribution in [0.25, 0.3) is 0 Å². The molecule has 3 rings (SSSR count). The summed E-state index contributed by atoms with van der Waals surface area (Å²) in [5, 5.41) is 3.20. The molecule has 0 spiro atoms. The highest BCUT2D eigenvalue weighted by atomic mass is 127. The Hall–Kier alpha value is -1.87. The van der Waals surface area contributed by atoms with Gasteiger partial charge in [-0.3, -0.25) is 14.9 Å². The number of aromatic nitrogens is 1. The molecule has 1 aliphatic rings. The van der Waals surface area contributed by atoms with Crippen LogP contribution in [0.5, 0.6) is 5.75 Å². The van der Waals surface area contributed by atoms with Crippen molar-refractivity contribution in [2.75, 3.05) is 33.3 Å². The molecule has 0 bridgehead atoms. The summed E-state index contributed by atoms with van der Waals surface area (Å²) in [6.45, 7) is 3.59. The Bertz CT molecular complexity index is 717. The number of guanidine groups is 1. The minimum Gasteiger partial charge on any atom is -0.497 e. The Balaban J connectivity index is 0.00000280. The third-order valence-corrected chi connectivity index (χ3v) is 4.93. The van der Waals surface area contributed by atoms with Crippen molar-refractivity contribution in [1.82, 2.24) is 15.2 Å². The normalized spacial score (nSPS) is 15.7. The van der Waals surface area contributed by atoms with Gasteiger partial charge in [-0.05, 0) is 55.8 Å². The molecule has 3 N–H and O–H groups in total. The van der Waals surface area contributed by atoms with Gasteiger partial charge in [0.2, 0.25) is 0 Å². The number of pyridine rings is 1. The van der Waals surface area contributed by atoms with Crippen LogP contribution >= 0.6 is 24.0 Å². The van der Waals surface area contributed by atoms with Gasteiger partial charge in [0.25, 0.3) is 0 Å². The van der Waals surface area contributed by atoms with Crippen LogP contribution in [-0.2, 0) is 6.42 Å². The van der Waals surface area contributed by atoms with Crippen LogP contribution in [0, 0.1) is 0 Å². The van der Waals surface area contributed by atoms with E-state index in [1.54, 1.807) is 7.11 Å². The molecule has 6 nitrogen and oxygen atoms in total. The fraction of sp³-hybridized carbons (Fsp3) is 0.429. The van der Waals surface area contributed by atoms with Crippen molar-refractivity contribution in [3.8, 4) is 5.75 Å². The summed E-state index contributed by atoms with van der Waals surface area (Å²) in [5.41, 5.74) is 8.39. The van der Waals surface area contributed by atoms with Crippen molar-refractivity contribution < 1.29 is 4.74 Å². The van der Waals surface area contributed by atoms with Crippen LogP contribution in [-0.4, -0.2) is 49.1 Å². The van der Waals surface area contributed by atoms with Crippen LogP contribution in [0.15, 0.2) is 53.7 Å². The molecular formula is C21H30IN5O. The van der Waals surface area contributed by atoms with Gasteiger partial charge in [-0.15, -0.1) is 24.0 Å². The minimum atomic E-state index is 0. The Labute approximate surface area is 184 Å². The lowest BCUT2D eigenvalue weighted by Gasteiger charge is -2.27. The zero-order valence-corrected chi connectivity index (χ0v) is 18.7. The molecule has 1 aromatic carbocycles. The molecule has 7 heteroatoms. The van der Waals surface area contributed by atoms with E-state index >= 15 is 0 Å². The Morgan fingerprint density at radius 3 is 2.61 bits per heavy atom. The number of hydrogen-bond acceptors (Lipinski definition) is 4. The summed E-state index contributed by atoms with van der Waals surface area (Å²) in [6.07, 6.45) is 5.12. The molecule has 0 saturated carbocycles. The molecule has 0 amide bonds. The zero-order chi connectivity index (χ0) is 18.9. The Morgan fingerprint density at radius 2 is 1.96 bits per heavy atom. The lowest BCUT2D eigenvalue weighted by atomic mass is 10.1. The van der Waals surface area contributed by atoms with E-state index in [0.29, 0.717) is 12.5 Å². The molecule has 1 unspecified atom stereocenters. The second kappa shape index (κ2) is 11.9. The van der Waals surface area contributed by atoms with Gasteiger partial charge in [-0.2, -0.15) is 0 Å². The number of aliphatic imine (C=N–C) groups is 1. The van der Waals surface area contributed by atoms with Crippen LogP contribution < -0.4 is 15.8 Å². The number of rotatable bonds is 8. The van der Waals surface area contributed by atoms with Gasteiger partial charge in [0, 0.05) is 24.9 Å². The summed E-state index contributed by atoms with van der Waals surface area (Å²) in [4.78, 5) is 11.4. The summed E-state index contributed by atoms with van der Waals surface area (Å²) in [7, 11) is 1.69. The number of benzene rings is 1. The number of nitrogens with two attached hydrogens (primary N) is 1. The van der Waals surface area contributed by atoms with E-state index in [-0.39, 0.29) is 30.0 Å². The number of halogens is 1. The third kappa shape index (κ3) is 6.63. The maximum Gasteiger partial charge on any atom is 0.188 e. The smallest absolute Gasteiger partial charge is 0.188 e. The van der Waals surface area contributed by atoms with E-state index in [4.69, 9.17) is 10.5 Å². The van der Waals surface area contributed by atoms with Crippen molar-refractivity contribution in [3.63, 3.8) is 0 Å². The molecular weight excluding hydrogens is 465 g/mol. The first-order chi connectivity index (χ1) is 13.3. The van der Waals surface area contributed by atoms with E-state index in [1.165, 1.54) is 18.4 Å². The highest BCUT2D eigenvalue weighted by Gasteiger charge is 2.23. The highest BCUT2D eigenvalue weighted by molar-refractivity contribution is 14.0. The molecule has 1 fully saturated rings. The summed E-state index contributed by atoms with van der Waals surface area (Å²) < 4.78 is 5.28. The number of methoxy groups -OCH3 is 1. The first-order valence-electron chi connectivity index (χ1n) is 9.58. The monoisotopic (exact) mass is 495 g/mol. The second-order valence-electron chi connectivity index (χ2n) is 6.76. The standard InChI is InChI=1S/C21H29N5O.HI/c1-27-19-9-7-17(8-10-19)20(26-14-4-5-15-26)16-25-21(22)24-13-11-18-6-2-3-12-23-18;/h2-3,6-10,12,20H,4-5,11,13-16H2,1H3,(H3,22,24,25);1H. The van der Waals surface area contributed by atoms with E-state index in [9.17, 15) is 0 Å². The topological polar surface area (TPSA) is 75.8 Å². The van der Waals surface area contributed by atoms with Crippen LogP contribution in [0.3, 0.4) is 0 Å². The lowest BCUT2D eigenvalue weighted by Crippen LogP contribution is -2.35.